The molecule has 1 fully saturated rings. The first kappa shape index (κ1) is 18.2. The zero-order valence-electron chi connectivity index (χ0n) is 15.3. The molecule has 0 bridgehead atoms. The lowest BCUT2D eigenvalue weighted by Gasteiger charge is -2.32. The number of carbonyl (C=O) groups is 1. The maximum Gasteiger partial charge on any atom is 0.335 e. The zero-order chi connectivity index (χ0) is 19.7. The molecule has 28 heavy (non-hydrogen) atoms. The Balaban J connectivity index is 1.56. The molecule has 7 nitrogen and oxygen atoms in total. The molecule has 144 valence electrons. The van der Waals surface area contributed by atoms with E-state index in [1.807, 2.05) is 18.2 Å². The summed E-state index contributed by atoms with van der Waals surface area (Å²) in [5.74, 6) is -1.10. The predicted octanol–water partition coefficient (Wildman–Crippen LogP) is 2.23. The SMILES string of the molecule is O=C(O)c1ccc2c(=O)n(C3CCN(Cc4ccccc4)CC3)c(=O)[nH]c2c1. The lowest BCUT2D eigenvalue weighted by Crippen LogP contribution is -2.43. The Hall–Kier alpha value is -3.19. The van der Waals surface area contributed by atoms with E-state index in [0.29, 0.717) is 18.2 Å². The van der Waals surface area contributed by atoms with Gasteiger partial charge in [-0.2, -0.15) is 0 Å². The van der Waals surface area contributed by atoms with Crippen LogP contribution in [-0.2, 0) is 6.54 Å². The normalized spacial score (nSPS) is 15.7. The fraction of sp³-hybridized carbons (Fsp3) is 0.286. The summed E-state index contributed by atoms with van der Waals surface area (Å²) in [6, 6.07) is 14.2. The van der Waals surface area contributed by atoms with Crippen molar-refractivity contribution >= 4 is 16.9 Å². The summed E-state index contributed by atoms with van der Waals surface area (Å²) in [4.78, 5) is 41.5. The molecular formula is C21H21N3O4. The summed E-state index contributed by atoms with van der Waals surface area (Å²) in [5.41, 5.74) is 0.692. The van der Waals surface area contributed by atoms with E-state index >= 15 is 0 Å². The Bertz CT molecular complexity index is 1130. The van der Waals surface area contributed by atoms with Gasteiger partial charge in [0.25, 0.3) is 5.56 Å². The van der Waals surface area contributed by atoms with Crippen LogP contribution in [0.15, 0.2) is 58.1 Å². The molecule has 0 saturated carbocycles. The van der Waals surface area contributed by atoms with E-state index in [2.05, 4.69) is 22.0 Å². The average Bonchev–Trinajstić information content (AvgIpc) is 2.69. The second kappa shape index (κ2) is 7.44. The van der Waals surface area contributed by atoms with Crippen LogP contribution in [0.4, 0.5) is 0 Å². The van der Waals surface area contributed by atoms with E-state index in [1.165, 1.54) is 28.3 Å². The van der Waals surface area contributed by atoms with E-state index in [-0.39, 0.29) is 22.7 Å². The van der Waals surface area contributed by atoms with Gasteiger partial charge in [-0.05, 0) is 36.6 Å². The van der Waals surface area contributed by atoms with Gasteiger partial charge in [0.15, 0.2) is 0 Å². The number of aromatic nitrogens is 2. The Morgan fingerprint density at radius 3 is 2.46 bits per heavy atom. The second-order valence-electron chi connectivity index (χ2n) is 7.16. The van der Waals surface area contributed by atoms with Gasteiger partial charge >= 0.3 is 11.7 Å². The van der Waals surface area contributed by atoms with Crippen molar-refractivity contribution in [2.75, 3.05) is 13.1 Å². The van der Waals surface area contributed by atoms with Crippen LogP contribution in [-0.4, -0.2) is 38.6 Å². The van der Waals surface area contributed by atoms with E-state index in [9.17, 15) is 14.4 Å². The number of aromatic carboxylic acids is 1. The number of carboxylic acids is 1. The molecule has 0 radical (unpaired) electrons. The fourth-order valence-corrected chi connectivity index (χ4v) is 3.87. The molecule has 7 heteroatoms. The molecule has 0 atom stereocenters. The van der Waals surface area contributed by atoms with E-state index < -0.39 is 11.7 Å². The Morgan fingerprint density at radius 2 is 1.79 bits per heavy atom. The van der Waals surface area contributed by atoms with Crippen molar-refractivity contribution in [2.45, 2.75) is 25.4 Å². The third-order valence-corrected chi connectivity index (χ3v) is 5.35. The molecule has 1 aliphatic heterocycles. The summed E-state index contributed by atoms with van der Waals surface area (Å²) >= 11 is 0. The predicted molar refractivity (Wildman–Crippen MR) is 106 cm³/mol. The Labute approximate surface area is 160 Å². The number of nitrogens with one attached hydrogen (secondary N) is 1. The minimum atomic E-state index is -1.10. The van der Waals surface area contributed by atoms with Crippen LogP contribution in [0.3, 0.4) is 0 Å². The lowest BCUT2D eigenvalue weighted by molar-refractivity contribution is 0.0697. The molecule has 1 aromatic heterocycles. The Kier molecular flexibility index (Phi) is 4.83. The maximum absolute atomic E-state index is 12.9. The van der Waals surface area contributed by atoms with Gasteiger partial charge in [0.2, 0.25) is 0 Å². The first-order valence-corrected chi connectivity index (χ1v) is 9.31. The molecule has 0 spiro atoms. The molecule has 4 rings (SSSR count). The minimum Gasteiger partial charge on any atom is -0.478 e. The summed E-state index contributed by atoms with van der Waals surface area (Å²) in [7, 11) is 0. The number of hydrogen-bond donors (Lipinski definition) is 2. The lowest BCUT2D eigenvalue weighted by atomic mass is 10.0. The van der Waals surface area contributed by atoms with Crippen molar-refractivity contribution in [2.24, 2.45) is 0 Å². The molecule has 2 heterocycles. The van der Waals surface area contributed by atoms with Gasteiger partial charge in [0.05, 0.1) is 16.5 Å². The van der Waals surface area contributed by atoms with Gasteiger partial charge < -0.3 is 10.1 Å². The number of carboxylic acid groups (broad SMARTS) is 1. The number of aromatic amines is 1. The van der Waals surface area contributed by atoms with E-state index in [0.717, 1.165) is 19.6 Å². The highest BCUT2D eigenvalue weighted by Crippen LogP contribution is 2.22. The molecule has 2 N–H and O–H groups in total. The fourth-order valence-electron chi connectivity index (χ4n) is 3.87. The van der Waals surface area contributed by atoms with Crippen LogP contribution in [0.25, 0.3) is 10.9 Å². The van der Waals surface area contributed by atoms with Gasteiger partial charge in [-0.3, -0.25) is 14.3 Å². The van der Waals surface area contributed by atoms with Crippen molar-refractivity contribution in [1.29, 1.82) is 0 Å². The van der Waals surface area contributed by atoms with Crippen molar-refractivity contribution < 1.29 is 9.90 Å². The molecule has 1 saturated heterocycles. The number of H-pyrrole nitrogens is 1. The molecule has 3 aromatic rings. The van der Waals surface area contributed by atoms with Crippen molar-refractivity contribution in [3.8, 4) is 0 Å². The average molecular weight is 379 g/mol. The largest absolute Gasteiger partial charge is 0.478 e. The number of piperidine rings is 1. The van der Waals surface area contributed by atoms with Crippen molar-refractivity contribution in [3.63, 3.8) is 0 Å². The third-order valence-electron chi connectivity index (χ3n) is 5.35. The van der Waals surface area contributed by atoms with Crippen molar-refractivity contribution in [1.82, 2.24) is 14.5 Å². The van der Waals surface area contributed by atoms with E-state index in [1.54, 1.807) is 0 Å². The molecule has 2 aromatic carbocycles. The van der Waals surface area contributed by atoms with Gasteiger partial charge in [-0.15, -0.1) is 0 Å². The van der Waals surface area contributed by atoms with Crippen LogP contribution in [0, 0.1) is 0 Å². The number of fused-ring (bicyclic) bond motifs is 1. The minimum absolute atomic E-state index is 0.0366. The summed E-state index contributed by atoms with van der Waals surface area (Å²) < 4.78 is 1.29. The molecule has 0 unspecified atom stereocenters. The van der Waals surface area contributed by atoms with Crippen molar-refractivity contribution in [3.05, 3.63) is 80.5 Å². The zero-order valence-corrected chi connectivity index (χ0v) is 15.3. The molecule has 0 amide bonds. The van der Waals surface area contributed by atoms with Crippen LogP contribution in [0.2, 0.25) is 0 Å². The van der Waals surface area contributed by atoms with E-state index in [4.69, 9.17) is 5.11 Å². The molecule has 0 aliphatic carbocycles. The first-order valence-electron chi connectivity index (χ1n) is 9.31. The van der Waals surface area contributed by atoms with Crippen LogP contribution in [0.5, 0.6) is 0 Å². The van der Waals surface area contributed by atoms with Crippen LogP contribution >= 0.6 is 0 Å². The van der Waals surface area contributed by atoms with Crippen LogP contribution in [0.1, 0.15) is 34.8 Å². The number of rotatable bonds is 4. The highest BCUT2D eigenvalue weighted by Gasteiger charge is 2.24. The summed E-state index contributed by atoms with van der Waals surface area (Å²) in [6.45, 7) is 2.47. The third kappa shape index (κ3) is 3.48. The monoisotopic (exact) mass is 379 g/mol. The smallest absolute Gasteiger partial charge is 0.335 e. The number of likely N-dealkylation sites (tertiary alicyclic amines) is 1. The number of benzene rings is 2. The van der Waals surface area contributed by atoms with Gasteiger partial charge in [-0.25, -0.2) is 9.59 Å². The maximum atomic E-state index is 12.9. The van der Waals surface area contributed by atoms with Gasteiger partial charge in [0.1, 0.15) is 0 Å². The highest BCUT2D eigenvalue weighted by atomic mass is 16.4. The topological polar surface area (TPSA) is 95.4 Å². The van der Waals surface area contributed by atoms with Gasteiger partial charge in [0, 0.05) is 25.7 Å². The number of nitrogens with zero attached hydrogens (tertiary/aromatic N) is 2. The Morgan fingerprint density at radius 1 is 1.07 bits per heavy atom. The molecule has 1 aliphatic rings. The summed E-state index contributed by atoms with van der Waals surface area (Å²) in [6.07, 6.45) is 1.43. The standard InChI is InChI=1S/C21H21N3O4/c25-19-17-7-6-15(20(26)27)12-18(17)22-21(28)24(19)16-8-10-23(11-9-16)13-14-4-2-1-3-5-14/h1-7,12,16H,8-11,13H2,(H,22,28)(H,26,27). The molecular weight excluding hydrogens is 358 g/mol. The van der Waals surface area contributed by atoms with Gasteiger partial charge in [-0.1, -0.05) is 30.3 Å². The first-order chi connectivity index (χ1) is 13.5. The number of hydrogen-bond acceptors (Lipinski definition) is 4. The highest BCUT2D eigenvalue weighted by molar-refractivity contribution is 5.92. The quantitative estimate of drug-likeness (QED) is 0.725. The summed E-state index contributed by atoms with van der Waals surface area (Å²) in [5, 5.41) is 9.42. The second-order valence-corrected chi connectivity index (χ2v) is 7.16. The van der Waals surface area contributed by atoms with Crippen LogP contribution < -0.4 is 11.2 Å².